The summed E-state index contributed by atoms with van der Waals surface area (Å²) in [5.41, 5.74) is 3.09. The van der Waals surface area contributed by atoms with Gasteiger partial charge in [-0.3, -0.25) is 4.90 Å². The predicted octanol–water partition coefficient (Wildman–Crippen LogP) is 3.05. The van der Waals surface area contributed by atoms with Crippen molar-refractivity contribution in [3.63, 3.8) is 0 Å². The zero-order valence-corrected chi connectivity index (χ0v) is 11.9. The largest absolute Gasteiger partial charge is 0.314 e. The van der Waals surface area contributed by atoms with Crippen molar-refractivity contribution in [3.05, 3.63) is 47.3 Å². The van der Waals surface area contributed by atoms with E-state index in [4.69, 9.17) is 0 Å². The fourth-order valence-corrected chi connectivity index (χ4v) is 2.66. The van der Waals surface area contributed by atoms with Gasteiger partial charge in [0.25, 0.3) is 0 Å². The van der Waals surface area contributed by atoms with Crippen molar-refractivity contribution in [1.29, 1.82) is 0 Å². The van der Waals surface area contributed by atoms with Gasteiger partial charge in [0.05, 0.1) is 0 Å². The third kappa shape index (κ3) is 3.64. The SMILES string of the molecule is C=C(C)C[C@@H](c1ccc(F)c(C)c1)N1CCNCC1. The first kappa shape index (κ1) is 14.2. The van der Waals surface area contributed by atoms with Gasteiger partial charge in [-0.15, -0.1) is 6.58 Å². The number of hydrogen-bond acceptors (Lipinski definition) is 2. The van der Waals surface area contributed by atoms with Crippen LogP contribution in [0.25, 0.3) is 0 Å². The fourth-order valence-electron chi connectivity index (χ4n) is 2.66. The van der Waals surface area contributed by atoms with Crippen molar-refractivity contribution >= 4 is 0 Å². The molecule has 1 N–H and O–H groups in total. The highest BCUT2D eigenvalue weighted by atomic mass is 19.1. The maximum Gasteiger partial charge on any atom is 0.126 e. The van der Waals surface area contributed by atoms with Crippen LogP contribution >= 0.6 is 0 Å². The van der Waals surface area contributed by atoms with E-state index < -0.39 is 0 Å². The van der Waals surface area contributed by atoms with Gasteiger partial charge in [0.15, 0.2) is 0 Å². The third-order valence-corrected chi connectivity index (χ3v) is 3.70. The lowest BCUT2D eigenvalue weighted by molar-refractivity contribution is 0.172. The monoisotopic (exact) mass is 262 g/mol. The van der Waals surface area contributed by atoms with Gasteiger partial charge in [0.2, 0.25) is 0 Å². The second-order valence-corrected chi connectivity index (χ2v) is 5.47. The van der Waals surface area contributed by atoms with Crippen LogP contribution in [-0.2, 0) is 0 Å². The zero-order chi connectivity index (χ0) is 13.8. The Morgan fingerprint density at radius 1 is 1.42 bits per heavy atom. The summed E-state index contributed by atoms with van der Waals surface area (Å²) in [7, 11) is 0. The molecule has 1 aliphatic rings. The first-order valence-electron chi connectivity index (χ1n) is 6.93. The van der Waals surface area contributed by atoms with E-state index in [1.54, 1.807) is 6.07 Å². The molecule has 1 atom stereocenters. The Labute approximate surface area is 115 Å². The lowest BCUT2D eigenvalue weighted by Crippen LogP contribution is -2.45. The highest BCUT2D eigenvalue weighted by Crippen LogP contribution is 2.28. The predicted molar refractivity (Wildman–Crippen MR) is 77.8 cm³/mol. The quantitative estimate of drug-likeness (QED) is 0.839. The van der Waals surface area contributed by atoms with E-state index in [0.29, 0.717) is 6.04 Å². The summed E-state index contributed by atoms with van der Waals surface area (Å²) in [5.74, 6) is -0.127. The molecule has 0 amide bonds. The van der Waals surface area contributed by atoms with E-state index in [9.17, 15) is 4.39 Å². The summed E-state index contributed by atoms with van der Waals surface area (Å²) in [5, 5.41) is 3.37. The second kappa shape index (κ2) is 6.31. The molecule has 3 heteroatoms. The minimum atomic E-state index is -0.127. The van der Waals surface area contributed by atoms with E-state index in [-0.39, 0.29) is 5.82 Å². The van der Waals surface area contributed by atoms with E-state index in [1.165, 1.54) is 11.1 Å². The highest BCUT2D eigenvalue weighted by molar-refractivity contribution is 5.27. The summed E-state index contributed by atoms with van der Waals surface area (Å²) in [6.07, 6.45) is 0.936. The topological polar surface area (TPSA) is 15.3 Å². The maximum absolute atomic E-state index is 13.4. The van der Waals surface area contributed by atoms with Crippen LogP contribution in [0.15, 0.2) is 30.4 Å². The first-order valence-corrected chi connectivity index (χ1v) is 6.93. The molecule has 1 heterocycles. The Kier molecular flexibility index (Phi) is 4.72. The van der Waals surface area contributed by atoms with E-state index >= 15 is 0 Å². The van der Waals surface area contributed by atoms with Crippen LogP contribution in [0.2, 0.25) is 0 Å². The number of benzene rings is 1. The van der Waals surface area contributed by atoms with E-state index in [1.807, 2.05) is 19.1 Å². The Morgan fingerprint density at radius 3 is 2.68 bits per heavy atom. The number of halogens is 1. The molecule has 19 heavy (non-hydrogen) atoms. The summed E-state index contributed by atoms with van der Waals surface area (Å²) >= 11 is 0. The van der Waals surface area contributed by atoms with Crippen LogP contribution in [0.3, 0.4) is 0 Å². The molecule has 1 aliphatic heterocycles. The molecule has 1 fully saturated rings. The van der Waals surface area contributed by atoms with Crippen molar-refractivity contribution in [2.24, 2.45) is 0 Å². The Balaban J connectivity index is 2.24. The number of aryl methyl sites for hydroxylation is 1. The molecule has 0 aliphatic carbocycles. The van der Waals surface area contributed by atoms with Crippen LogP contribution in [0.5, 0.6) is 0 Å². The van der Waals surface area contributed by atoms with Crippen LogP contribution in [0, 0.1) is 12.7 Å². The van der Waals surface area contributed by atoms with Gasteiger partial charge < -0.3 is 5.32 Å². The van der Waals surface area contributed by atoms with Crippen molar-refractivity contribution in [2.45, 2.75) is 26.3 Å². The number of piperazine rings is 1. The van der Waals surface area contributed by atoms with Gasteiger partial charge in [-0.25, -0.2) is 4.39 Å². The van der Waals surface area contributed by atoms with Crippen LogP contribution in [0.4, 0.5) is 4.39 Å². The lowest BCUT2D eigenvalue weighted by Gasteiger charge is -2.35. The minimum absolute atomic E-state index is 0.127. The summed E-state index contributed by atoms with van der Waals surface area (Å²) in [4.78, 5) is 2.47. The van der Waals surface area contributed by atoms with Gasteiger partial charge in [-0.1, -0.05) is 17.7 Å². The van der Waals surface area contributed by atoms with Crippen LogP contribution in [0.1, 0.15) is 30.5 Å². The van der Waals surface area contributed by atoms with Crippen molar-refractivity contribution in [3.8, 4) is 0 Å². The van der Waals surface area contributed by atoms with Gasteiger partial charge in [-0.05, 0) is 37.5 Å². The first-order chi connectivity index (χ1) is 9.08. The Morgan fingerprint density at radius 2 is 2.11 bits per heavy atom. The van der Waals surface area contributed by atoms with Gasteiger partial charge in [0, 0.05) is 32.2 Å². The lowest BCUT2D eigenvalue weighted by atomic mass is 9.96. The average molecular weight is 262 g/mol. The molecule has 0 bridgehead atoms. The molecule has 104 valence electrons. The van der Waals surface area contributed by atoms with Crippen LogP contribution in [-0.4, -0.2) is 31.1 Å². The molecule has 2 nitrogen and oxygen atoms in total. The van der Waals surface area contributed by atoms with Gasteiger partial charge in [0.1, 0.15) is 5.82 Å². The number of nitrogens with one attached hydrogen (secondary N) is 1. The Bertz CT molecular complexity index is 450. The summed E-state index contributed by atoms with van der Waals surface area (Å²) < 4.78 is 13.4. The summed E-state index contributed by atoms with van der Waals surface area (Å²) in [6.45, 7) is 12.0. The smallest absolute Gasteiger partial charge is 0.126 e. The normalized spacial score (nSPS) is 18.3. The second-order valence-electron chi connectivity index (χ2n) is 5.47. The molecule has 2 rings (SSSR count). The highest BCUT2D eigenvalue weighted by Gasteiger charge is 2.22. The molecule has 0 spiro atoms. The molecular weight excluding hydrogens is 239 g/mol. The average Bonchev–Trinajstić information content (AvgIpc) is 2.40. The molecule has 0 radical (unpaired) electrons. The van der Waals surface area contributed by atoms with E-state index in [2.05, 4.69) is 23.7 Å². The fraction of sp³-hybridized carbons (Fsp3) is 0.500. The standard InChI is InChI=1S/C16H23FN2/c1-12(2)10-16(19-8-6-18-7-9-19)14-4-5-15(17)13(3)11-14/h4-5,11,16,18H,1,6-10H2,2-3H3/t16-/m0/s1. The van der Waals surface area contributed by atoms with Gasteiger partial charge in [-0.2, -0.15) is 0 Å². The number of rotatable bonds is 4. The van der Waals surface area contributed by atoms with Crippen LogP contribution < -0.4 is 5.32 Å². The Hall–Kier alpha value is -1.19. The zero-order valence-electron chi connectivity index (χ0n) is 11.9. The molecule has 0 aromatic heterocycles. The summed E-state index contributed by atoms with van der Waals surface area (Å²) in [6, 6.07) is 5.79. The molecule has 1 aromatic carbocycles. The minimum Gasteiger partial charge on any atom is -0.314 e. The third-order valence-electron chi connectivity index (χ3n) is 3.70. The molecule has 0 unspecified atom stereocenters. The van der Waals surface area contributed by atoms with Gasteiger partial charge >= 0.3 is 0 Å². The van der Waals surface area contributed by atoms with Crippen molar-refractivity contribution < 1.29 is 4.39 Å². The van der Waals surface area contributed by atoms with Crippen molar-refractivity contribution in [2.75, 3.05) is 26.2 Å². The molecule has 0 saturated carbocycles. The molecule has 1 aromatic rings. The van der Waals surface area contributed by atoms with E-state index in [0.717, 1.165) is 38.2 Å². The molecule has 1 saturated heterocycles. The number of hydrogen-bond donors (Lipinski definition) is 1. The van der Waals surface area contributed by atoms with Crippen molar-refractivity contribution in [1.82, 2.24) is 10.2 Å². The molecular formula is C16H23FN2. The maximum atomic E-state index is 13.4. The number of nitrogens with zero attached hydrogens (tertiary/aromatic N) is 1.